The van der Waals surface area contributed by atoms with Gasteiger partial charge in [-0.25, -0.2) is 0 Å². The molecular weight excluding hydrogens is 299 g/mol. The van der Waals surface area contributed by atoms with Crippen LogP contribution in [0.4, 0.5) is 0 Å². The Morgan fingerprint density at radius 1 is 1.36 bits per heavy atom. The van der Waals surface area contributed by atoms with Gasteiger partial charge in [-0.3, -0.25) is 0 Å². The van der Waals surface area contributed by atoms with Crippen molar-refractivity contribution in [3.8, 4) is 0 Å². The van der Waals surface area contributed by atoms with Crippen LogP contribution in [0, 0.1) is 17.4 Å². The molecule has 0 spiro atoms. The molecule has 1 aromatic carbocycles. The van der Waals surface area contributed by atoms with Gasteiger partial charge in [-0.15, -0.1) is 0 Å². The van der Waals surface area contributed by atoms with Gasteiger partial charge in [0.05, 0.1) is 0 Å². The number of hydrogen-bond donors (Lipinski definition) is 1. The summed E-state index contributed by atoms with van der Waals surface area (Å²) >= 11 is -4.63. The number of benzene rings is 1. The molecule has 0 aliphatic carbocycles. The first-order chi connectivity index (χ1) is 6.42. The Morgan fingerprint density at radius 2 is 2.00 bits per heavy atom. The summed E-state index contributed by atoms with van der Waals surface area (Å²) in [6.07, 6.45) is 0. The Kier molecular flexibility index (Phi) is 1.97. The van der Waals surface area contributed by atoms with E-state index in [-0.39, 0.29) is 9.13 Å². The molecule has 1 N–H and O–H groups in total. The molecular formula is C9H9IO4. The number of aryl methyl sites for hydroxylation is 2. The Balaban J connectivity index is 2.82. The van der Waals surface area contributed by atoms with E-state index in [2.05, 4.69) is 3.07 Å². The zero-order valence-corrected chi connectivity index (χ0v) is 9.86. The molecule has 1 heterocycles. The van der Waals surface area contributed by atoms with Gasteiger partial charge in [-0.05, 0) is 0 Å². The average molecular weight is 308 g/mol. The fraction of sp³-hybridized carbons (Fsp3) is 0.222. The maximum atomic E-state index is 11.6. The zero-order valence-electron chi connectivity index (χ0n) is 7.70. The van der Waals surface area contributed by atoms with E-state index in [4.69, 9.17) is 0 Å². The van der Waals surface area contributed by atoms with Crippen LogP contribution in [0.25, 0.3) is 0 Å². The first-order valence-corrected chi connectivity index (χ1v) is 7.78. The van der Waals surface area contributed by atoms with Crippen LogP contribution in [0.5, 0.6) is 0 Å². The summed E-state index contributed by atoms with van der Waals surface area (Å²) < 4.78 is 25.7. The second-order valence-electron chi connectivity index (χ2n) is 3.25. The van der Waals surface area contributed by atoms with Crippen molar-refractivity contribution in [2.24, 2.45) is 0 Å². The van der Waals surface area contributed by atoms with Gasteiger partial charge >= 0.3 is 85.8 Å². The minimum atomic E-state index is -4.63. The number of hydrogen-bond acceptors (Lipinski definition) is 3. The van der Waals surface area contributed by atoms with Crippen molar-refractivity contribution in [1.29, 1.82) is 0 Å². The van der Waals surface area contributed by atoms with Gasteiger partial charge in [-0.2, -0.15) is 0 Å². The van der Waals surface area contributed by atoms with Crippen LogP contribution in [0.15, 0.2) is 12.1 Å². The van der Waals surface area contributed by atoms with E-state index >= 15 is 0 Å². The third-order valence-corrected chi connectivity index (χ3v) is 5.82. The van der Waals surface area contributed by atoms with E-state index in [0.29, 0.717) is 5.56 Å². The second kappa shape index (κ2) is 2.83. The molecule has 0 bridgehead atoms. The van der Waals surface area contributed by atoms with Crippen molar-refractivity contribution in [3.05, 3.63) is 32.4 Å². The average Bonchev–Trinajstić information content (AvgIpc) is 2.21. The number of halogens is 1. The van der Waals surface area contributed by atoms with Crippen LogP contribution in [0.3, 0.4) is 0 Å². The Bertz CT molecular complexity index is 478. The summed E-state index contributed by atoms with van der Waals surface area (Å²) in [5.41, 5.74) is 1.79. The summed E-state index contributed by atoms with van der Waals surface area (Å²) in [6.45, 7) is 3.54. The molecule has 76 valence electrons. The fourth-order valence-electron chi connectivity index (χ4n) is 1.59. The molecule has 0 aromatic heterocycles. The molecule has 1 atom stereocenters. The van der Waals surface area contributed by atoms with Crippen LogP contribution < -0.4 is 0 Å². The van der Waals surface area contributed by atoms with Gasteiger partial charge < -0.3 is 0 Å². The molecule has 1 aromatic rings. The number of fused-ring (bicyclic) bond motifs is 1. The van der Waals surface area contributed by atoms with Crippen LogP contribution in [0.2, 0.25) is 0 Å². The Hall–Kier alpha value is -0.820. The minimum absolute atomic E-state index is 0.215. The molecule has 0 saturated heterocycles. The molecule has 0 radical (unpaired) electrons. The normalized spacial score (nSPS) is 29.2. The first-order valence-electron chi connectivity index (χ1n) is 3.98. The second-order valence-corrected chi connectivity index (χ2v) is 7.28. The monoisotopic (exact) mass is 308 g/mol. The molecule has 1 aliphatic rings. The predicted octanol–water partition coefficient (Wildman–Crippen LogP) is 1.85. The number of carbonyl (C=O) groups excluding carboxylic acids is 1. The van der Waals surface area contributed by atoms with E-state index in [0.717, 1.165) is 5.56 Å². The molecule has 1 aliphatic heterocycles. The van der Waals surface area contributed by atoms with Gasteiger partial charge in [0, 0.05) is 0 Å². The fourth-order valence-corrected chi connectivity index (χ4v) is 4.93. The third-order valence-electron chi connectivity index (χ3n) is 2.03. The maximum absolute atomic E-state index is 11.6. The van der Waals surface area contributed by atoms with Crippen LogP contribution >= 0.6 is 19.3 Å². The van der Waals surface area contributed by atoms with Crippen molar-refractivity contribution in [2.45, 2.75) is 13.8 Å². The molecule has 0 fully saturated rings. The van der Waals surface area contributed by atoms with Crippen molar-refractivity contribution in [2.75, 3.05) is 0 Å². The van der Waals surface area contributed by atoms with Gasteiger partial charge in [0.1, 0.15) is 0 Å². The van der Waals surface area contributed by atoms with E-state index in [1.807, 2.05) is 6.92 Å². The summed E-state index contributed by atoms with van der Waals surface area (Å²) in [5.74, 6) is -0.680. The van der Waals surface area contributed by atoms with E-state index in [1.54, 1.807) is 19.1 Å². The van der Waals surface area contributed by atoms with Crippen LogP contribution in [0.1, 0.15) is 21.5 Å². The van der Waals surface area contributed by atoms with E-state index in [1.165, 1.54) is 0 Å². The van der Waals surface area contributed by atoms with Gasteiger partial charge in [0.2, 0.25) is 0 Å². The molecule has 5 heteroatoms. The summed E-state index contributed by atoms with van der Waals surface area (Å²) in [6, 6.07) is 3.36. The standard InChI is InChI=1S/C9H9IO4/c1-5-3-6(2)8-7(4-5)9(11)14-10(8,12)13/h3-4H,1-2H3,(H,12,13). The van der Waals surface area contributed by atoms with Crippen molar-refractivity contribution in [1.82, 2.24) is 0 Å². The molecule has 2 rings (SSSR count). The number of rotatable bonds is 0. The first kappa shape index (κ1) is 9.72. The van der Waals surface area contributed by atoms with Crippen LogP contribution in [-0.2, 0) is 6.14 Å². The zero-order chi connectivity index (χ0) is 10.5. The number of carbonyl (C=O) groups is 1. The van der Waals surface area contributed by atoms with E-state index in [9.17, 15) is 11.3 Å². The predicted molar refractivity (Wildman–Crippen MR) is 57.0 cm³/mol. The quantitative estimate of drug-likeness (QED) is 0.743. The third kappa shape index (κ3) is 1.27. The molecule has 4 nitrogen and oxygen atoms in total. The van der Waals surface area contributed by atoms with Crippen LogP contribution in [-0.4, -0.2) is 9.41 Å². The summed E-state index contributed by atoms with van der Waals surface area (Å²) in [5, 5.41) is 0. The van der Waals surface area contributed by atoms with Gasteiger partial charge in [0.15, 0.2) is 0 Å². The summed E-state index contributed by atoms with van der Waals surface area (Å²) in [7, 11) is 0. The van der Waals surface area contributed by atoms with Gasteiger partial charge in [0.25, 0.3) is 0 Å². The topological polar surface area (TPSA) is 63.6 Å². The van der Waals surface area contributed by atoms with Crippen molar-refractivity contribution < 1.29 is 14.4 Å². The SMILES string of the molecule is Cc1cc(C)c2c(c1)C(=O)OI2(=O)O. The van der Waals surface area contributed by atoms with E-state index < -0.39 is 25.2 Å². The Morgan fingerprint density at radius 3 is 2.64 bits per heavy atom. The van der Waals surface area contributed by atoms with Gasteiger partial charge in [-0.1, -0.05) is 0 Å². The molecule has 0 amide bonds. The van der Waals surface area contributed by atoms with Crippen molar-refractivity contribution >= 4 is 25.2 Å². The molecule has 0 saturated carbocycles. The van der Waals surface area contributed by atoms with Crippen molar-refractivity contribution in [3.63, 3.8) is 0 Å². The molecule has 1 unspecified atom stereocenters. The Labute approximate surface area is 85.9 Å². The molecule has 14 heavy (non-hydrogen) atoms. The summed E-state index contributed by atoms with van der Waals surface area (Å²) in [4.78, 5) is 11.2.